The zero-order chi connectivity index (χ0) is 26.0. The number of rotatable bonds is 3. The molecule has 0 aliphatic carbocycles. The van der Waals surface area contributed by atoms with E-state index in [0.717, 1.165) is 32.7 Å². The number of benzene rings is 3. The molecule has 6 rings (SSSR count). The summed E-state index contributed by atoms with van der Waals surface area (Å²) in [5.41, 5.74) is 4.60. The highest BCUT2D eigenvalue weighted by Gasteiger charge is 2.48. The lowest BCUT2D eigenvalue weighted by atomic mass is 9.94. The van der Waals surface area contributed by atoms with Crippen LogP contribution in [-0.4, -0.2) is 33.0 Å². The van der Waals surface area contributed by atoms with E-state index in [9.17, 15) is 19.8 Å². The number of amides is 1. The fourth-order valence-electron chi connectivity index (χ4n) is 5.23. The van der Waals surface area contributed by atoms with Gasteiger partial charge in [-0.3, -0.25) is 14.5 Å². The normalized spacial score (nSPS) is 20.5. The summed E-state index contributed by atoms with van der Waals surface area (Å²) in [6, 6.07) is 14.7. The van der Waals surface area contributed by atoms with E-state index in [2.05, 4.69) is 0 Å². The van der Waals surface area contributed by atoms with Gasteiger partial charge in [-0.05, 0) is 79.4 Å². The van der Waals surface area contributed by atoms with E-state index >= 15 is 0 Å². The number of carbonyl (C=O) groups excluding carboxylic acids is 2. The Morgan fingerprint density at radius 3 is 2.70 bits per heavy atom. The maximum Gasteiger partial charge on any atom is 0.301 e. The number of anilines is 1. The van der Waals surface area contributed by atoms with Gasteiger partial charge in [-0.15, -0.1) is 0 Å². The molecule has 1 aromatic heterocycles. The number of nitrogens with zero attached hydrogens (tertiary/aromatic N) is 2. The standard InChI is InChI=1S/C29H24N2O5S/c1-14-9-15(2)24-22(10-14)37-29(30-24)31-25(17-5-4-6-20(32)13-17)23(27(34)28(31)35)26(33)18-7-8-21-19(12-18)11-16(3)36-21/h4-10,12-13,16,25,32-33H,11H2,1-3H3/b26-23+/t16-,25-/m0/s1. The highest BCUT2D eigenvalue weighted by atomic mass is 32.1. The minimum Gasteiger partial charge on any atom is -0.508 e. The highest BCUT2D eigenvalue weighted by Crippen LogP contribution is 2.45. The van der Waals surface area contributed by atoms with Crippen molar-refractivity contribution >= 4 is 44.1 Å². The van der Waals surface area contributed by atoms with E-state index < -0.39 is 17.7 Å². The van der Waals surface area contributed by atoms with Crippen molar-refractivity contribution in [2.45, 2.75) is 39.3 Å². The predicted molar refractivity (Wildman–Crippen MR) is 142 cm³/mol. The number of aromatic hydroxyl groups is 1. The van der Waals surface area contributed by atoms with E-state index in [4.69, 9.17) is 9.72 Å². The summed E-state index contributed by atoms with van der Waals surface area (Å²) >= 11 is 1.32. The third-order valence-corrected chi connectivity index (χ3v) is 7.83. The monoisotopic (exact) mass is 512 g/mol. The van der Waals surface area contributed by atoms with Crippen molar-refractivity contribution in [3.63, 3.8) is 0 Å². The number of carbonyl (C=O) groups is 2. The molecule has 8 heteroatoms. The summed E-state index contributed by atoms with van der Waals surface area (Å²) in [6.07, 6.45) is 0.710. The number of aryl methyl sites for hydroxylation is 2. The zero-order valence-corrected chi connectivity index (χ0v) is 21.3. The van der Waals surface area contributed by atoms with Crippen molar-refractivity contribution < 1.29 is 24.5 Å². The Morgan fingerprint density at radius 1 is 1.11 bits per heavy atom. The van der Waals surface area contributed by atoms with Crippen LogP contribution in [-0.2, 0) is 16.0 Å². The molecular weight excluding hydrogens is 488 g/mol. The number of thiazole rings is 1. The Morgan fingerprint density at radius 2 is 1.92 bits per heavy atom. The van der Waals surface area contributed by atoms with Crippen LogP contribution in [0.3, 0.4) is 0 Å². The molecule has 0 spiro atoms. The minimum atomic E-state index is -0.961. The van der Waals surface area contributed by atoms with Crippen LogP contribution in [0.4, 0.5) is 5.13 Å². The average Bonchev–Trinajstić information content (AvgIpc) is 3.51. The molecule has 2 atom stereocenters. The van der Waals surface area contributed by atoms with E-state index in [1.807, 2.05) is 32.9 Å². The predicted octanol–water partition coefficient (Wildman–Crippen LogP) is 5.57. The first-order valence-corrected chi connectivity index (χ1v) is 12.8. The fraction of sp³-hybridized carbons (Fsp3) is 0.207. The molecule has 0 bridgehead atoms. The molecule has 7 nitrogen and oxygen atoms in total. The number of hydrogen-bond acceptors (Lipinski definition) is 7. The molecule has 0 unspecified atom stereocenters. The third kappa shape index (κ3) is 3.76. The molecule has 1 amide bonds. The molecule has 3 heterocycles. The zero-order valence-electron chi connectivity index (χ0n) is 20.5. The maximum absolute atomic E-state index is 13.5. The Labute approximate surface area is 217 Å². The van der Waals surface area contributed by atoms with Crippen molar-refractivity contribution in [3.8, 4) is 11.5 Å². The number of fused-ring (bicyclic) bond motifs is 2. The van der Waals surface area contributed by atoms with Gasteiger partial charge in [0.05, 0.1) is 21.8 Å². The summed E-state index contributed by atoms with van der Waals surface area (Å²) in [5.74, 6) is -1.12. The fourth-order valence-corrected chi connectivity index (χ4v) is 6.40. The molecule has 186 valence electrons. The van der Waals surface area contributed by atoms with E-state index in [-0.39, 0.29) is 23.2 Å². The first kappa shape index (κ1) is 23.2. The highest BCUT2D eigenvalue weighted by molar-refractivity contribution is 7.22. The third-order valence-electron chi connectivity index (χ3n) is 6.82. The van der Waals surface area contributed by atoms with Crippen molar-refractivity contribution in [1.29, 1.82) is 0 Å². The molecule has 2 N–H and O–H groups in total. The second kappa shape index (κ2) is 8.45. The molecule has 0 saturated carbocycles. The second-order valence-corrected chi connectivity index (χ2v) is 10.7. The van der Waals surface area contributed by atoms with Crippen LogP contribution < -0.4 is 9.64 Å². The van der Waals surface area contributed by atoms with Crippen LogP contribution in [0.15, 0.2) is 60.2 Å². The van der Waals surface area contributed by atoms with Crippen molar-refractivity contribution in [2.75, 3.05) is 4.90 Å². The summed E-state index contributed by atoms with van der Waals surface area (Å²) in [4.78, 5) is 33.0. The van der Waals surface area contributed by atoms with Crippen LogP contribution in [0.2, 0.25) is 0 Å². The Hall–Kier alpha value is -4.17. The lowest BCUT2D eigenvalue weighted by Crippen LogP contribution is -2.29. The number of aliphatic hydroxyl groups is 1. The molecule has 0 radical (unpaired) electrons. The number of phenols is 1. The van der Waals surface area contributed by atoms with Crippen molar-refractivity contribution in [2.24, 2.45) is 0 Å². The number of aromatic nitrogens is 1. The van der Waals surface area contributed by atoms with Gasteiger partial charge in [-0.1, -0.05) is 29.5 Å². The van der Waals surface area contributed by atoms with E-state index in [1.54, 1.807) is 30.3 Å². The number of aliphatic hydroxyl groups excluding tert-OH is 1. The first-order valence-electron chi connectivity index (χ1n) is 12.0. The lowest BCUT2D eigenvalue weighted by molar-refractivity contribution is -0.132. The van der Waals surface area contributed by atoms with Crippen LogP contribution in [0, 0.1) is 13.8 Å². The van der Waals surface area contributed by atoms with E-state index in [0.29, 0.717) is 22.7 Å². The minimum absolute atomic E-state index is 0.0116. The largest absolute Gasteiger partial charge is 0.508 e. The second-order valence-electron chi connectivity index (χ2n) is 9.64. The smallest absolute Gasteiger partial charge is 0.301 e. The summed E-state index contributed by atoms with van der Waals surface area (Å²) in [7, 11) is 0. The summed E-state index contributed by atoms with van der Waals surface area (Å²) < 4.78 is 6.67. The first-order chi connectivity index (χ1) is 17.7. The summed E-state index contributed by atoms with van der Waals surface area (Å²) in [5, 5.41) is 22.0. The van der Waals surface area contributed by atoms with Crippen molar-refractivity contribution in [3.05, 3.63) is 88.0 Å². The molecule has 4 aromatic rings. The van der Waals surface area contributed by atoms with Gasteiger partial charge in [0.15, 0.2) is 5.13 Å². The molecule has 2 aliphatic heterocycles. The molecule has 3 aromatic carbocycles. The topological polar surface area (TPSA) is 100.0 Å². The van der Waals surface area contributed by atoms with Gasteiger partial charge in [0, 0.05) is 12.0 Å². The summed E-state index contributed by atoms with van der Waals surface area (Å²) in [6.45, 7) is 5.92. The van der Waals surface area contributed by atoms with Gasteiger partial charge in [-0.25, -0.2) is 4.98 Å². The molecule has 1 fully saturated rings. The number of Topliss-reactive ketones (excluding diaryl/α,β-unsaturated/α-hetero) is 1. The Bertz CT molecular complexity index is 1650. The van der Waals surface area contributed by atoms with Crippen LogP contribution >= 0.6 is 11.3 Å². The Kier molecular flexibility index (Phi) is 5.31. The maximum atomic E-state index is 13.5. The number of ether oxygens (including phenoxy) is 1. The quantitative estimate of drug-likeness (QED) is 0.212. The van der Waals surface area contributed by atoms with E-state index in [1.165, 1.54) is 28.4 Å². The molecule has 37 heavy (non-hydrogen) atoms. The van der Waals surface area contributed by atoms with Gasteiger partial charge in [0.1, 0.15) is 23.4 Å². The van der Waals surface area contributed by atoms with Gasteiger partial charge in [0.25, 0.3) is 5.78 Å². The molecule has 2 aliphatic rings. The van der Waals surface area contributed by atoms with Crippen molar-refractivity contribution in [1.82, 2.24) is 4.98 Å². The van der Waals surface area contributed by atoms with Crippen LogP contribution in [0.1, 0.15) is 40.8 Å². The SMILES string of the molecule is Cc1cc(C)c2nc(N3C(=O)C(=O)/C(=C(/O)c4ccc5c(c4)C[C@H](C)O5)[C@@H]3c3cccc(O)c3)sc2c1. The van der Waals surface area contributed by atoms with Gasteiger partial charge in [-0.2, -0.15) is 0 Å². The lowest BCUT2D eigenvalue weighted by Gasteiger charge is -2.23. The number of ketones is 1. The number of phenolic OH excluding ortho intramolecular Hbond substituents is 1. The number of hydrogen-bond donors (Lipinski definition) is 2. The van der Waals surface area contributed by atoms with Gasteiger partial charge >= 0.3 is 5.91 Å². The molecule has 1 saturated heterocycles. The Balaban J connectivity index is 1.55. The van der Waals surface area contributed by atoms with Crippen LogP contribution in [0.5, 0.6) is 11.5 Å². The average molecular weight is 513 g/mol. The van der Waals surface area contributed by atoms with Gasteiger partial charge < -0.3 is 14.9 Å². The molecular formula is C29H24N2O5S. The van der Waals surface area contributed by atoms with Gasteiger partial charge in [0.2, 0.25) is 0 Å². The van der Waals surface area contributed by atoms with Crippen LogP contribution in [0.25, 0.3) is 16.0 Å².